The summed E-state index contributed by atoms with van der Waals surface area (Å²) in [6.45, 7) is 0.276. The Balaban J connectivity index is 2.72. The van der Waals surface area contributed by atoms with E-state index in [1.807, 2.05) is 17.8 Å². The van der Waals surface area contributed by atoms with Crippen molar-refractivity contribution in [2.24, 2.45) is 7.05 Å². The summed E-state index contributed by atoms with van der Waals surface area (Å²) < 4.78 is 6.99. The Bertz CT molecular complexity index is 263. The maximum absolute atomic E-state index is 8.50. The van der Waals surface area contributed by atoms with Crippen LogP contribution in [0.5, 0.6) is 5.75 Å². The Morgan fingerprint density at radius 3 is 3.00 bits per heavy atom. The molecule has 0 atom stereocenters. The van der Waals surface area contributed by atoms with E-state index in [1.54, 1.807) is 12.3 Å². The quantitative estimate of drug-likeness (QED) is 0.598. The Kier molecular flexibility index (Phi) is 2.88. The predicted octanol–water partition coefficient (Wildman–Crippen LogP) is -0.536. The van der Waals surface area contributed by atoms with Gasteiger partial charge in [-0.3, -0.25) is 0 Å². The molecule has 1 heterocycles. The topological polar surface area (TPSA) is 59.4 Å². The van der Waals surface area contributed by atoms with Gasteiger partial charge < -0.3 is 15.6 Å². The zero-order chi connectivity index (χ0) is 8.97. The van der Waals surface area contributed by atoms with E-state index in [0.717, 1.165) is 0 Å². The number of ether oxygens (including phenoxy) is 1. The van der Waals surface area contributed by atoms with Crippen LogP contribution in [0.3, 0.4) is 0 Å². The average Bonchev–Trinajstić information content (AvgIpc) is 2.03. The zero-order valence-corrected chi connectivity index (χ0v) is 7.03. The molecule has 0 aliphatic carbocycles. The van der Waals surface area contributed by atoms with Crippen LogP contribution >= 0.6 is 0 Å². The third kappa shape index (κ3) is 2.10. The van der Waals surface area contributed by atoms with Crippen molar-refractivity contribution in [3.8, 4) is 5.75 Å². The molecule has 0 fully saturated rings. The molecule has 12 heavy (non-hydrogen) atoms. The van der Waals surface area contributed by atoms with Crippen molar-refractivity contribution in [3.05, 3.63) is 18.5 Å². The number of nitrogens with zero attached hydrogens (tertiary/aromatic N) is 1. The first-order chi connectivity index (χ1) is 5.74. The number of pyridine rings is 1. The van der Waals surface area contributed by atoms with Gasteiger partial charge >= 0.3 is 0 Å². The monoisotopic (exact) mass is 169 g/mol. The first-order valence-electron chi connectivity index (χ1n) is 3.72. The van der Waals surface area contributed by atoms with Crippen LogP contribution in [-0.4, -0.2) is 18.3 Å². The minimum Gasteiger partial charge on any atom is -0.489 e. The molecule has 1 aromatic heterocycles. The third-order valence-electron chi connectivity index (χ3n) is 1.44. The normalized spacial score (nSPS) is 9.83. The fraction of sp³-hybridized carbons (Fsp3) is 0.375. The van der Waals surface area contributed by atoms with Crippen LogP contribution in [0.1, 0.15) is 0 Å². The summed E-state index contributed by atoms with van der Waals surface area (Å²) in [5.41, 5.74) is 6.21. The van der Waals surface area contributed by atoms with Gasteiger partial charge in [-0.25, -0.2) is 4.57 Å². The first kappa shape index (κ1) is 8.80. The highest BCUT2D eigenvalue weighted by atomic mass is 16.5. The van der Waals surface area contributed by atoms with Crippen molar-refractivity contribution >= 4 is 5.69 Å². The second-order valence-electron chi connectivity index (χ2n) is 2.50. The van der Waals surface area contributed by atoms with Gasteiger partial charge in [-0.05, 0) is 0 Å². The molecule has 1 aromatic rings. The second-order valence-corrected chi connectivity index (χ2v) is 2.50. The van der Waals surface area contributed by atoms with Gasteiger partial charge in [0.1, 0.15) is 19.3 Å². The fourth-order valence-electron chi connectivity index (χ4n) is 0.895. The standard InChI is InChI=1S/C8H13N2O2/c1-10-3-2-8(7(9)6-10)12-5-4-11/h2-3,6,11H,4-5,9H2,1H3/q+1. The molecular weight excluding hydrogens is 156 g/mol. The van der Waals surface area contributed by atoms with Crippen LogP contribution in [0, 0.1) is 0 Å². The SMILES string of the molecule is C[n+]1ccc(OCCO)c(N)c1. The number of nitrogen functional groups attached to an aromatic ring is 1. The van der Waals surface area contributed by atoms with Gasteiger partial charge in [0.05, 0.1) is 6.61 Å². The van der Waals surface area contributed by atoms with Crippen molar-refractivity contribution in [1.82, 2.24) is 0 Å². The lowest BCUT2D eigenvalue weighted by Crippen LogP contribution is -2.27. The summed E-state index contributed by atoms with van der Waals surface area (Å²) >= 11 is 0. The van der Waals surface area contributed by atoms with Gasteiger partial charge in [-0.15, -0.1) is 0 Å². The summed E-state index contributed by atoms with van der Waals surface area (Å²) in [5.74, 6) is 0.613. The maximum atomic E-state index is 8.50. The number of hydrogen-bond acceptors (Lipinski definition) is 3. The molecule has 0 radical (unpaired) electrons. The van der Waals surface area contributed by atoms with Crippen LogP contribution in [0.15, 0.2) is 18.5 Å². The number of hydrogen-bond donors (Lipinski definition) is 2. The Morgan fingerprint density at radius 2 is 2.42 bits per heavy atom. The Labute approximate surface area is 71.2 Å². The summed E-state index contributed by atoms with van der Waals surface area (Å²) in [4.78, 5) is 0. The Hall–Kier alpha value is -1.29. The molecule has 0 aliphatic rings. The van der Waals surface area contributed by atoms with E-state index < -0.39 is 0 Å². The molecule has 0 aromatic carbocycles. The number of nitrogens with two attached hydrogens (primary N) is 1. The highest BCUT2D eigenvalue weighted by molar-refractivity contribution is 5.48. The molecule has 0 saturated heterocycles. The van der Waals surface area contributed by atoms with E-state index in [4.69, 9.17) is 15.6 Å². The van der Waals surface area contributed by atoms with E-state index in [-0.39, 0.29) is 13.2 Å². The van der Waals surface area contributed by atoms with Crippen molar-refractivity contribution < 1.29 is 14.4 Å². The Morgan fingerprint density at radius 1 is 1.67 bits per heavy atom. The number of aliphatic hydroxyl groups excluding tert-OH is 1. The van der Waals surface area contributed by atoms with Gasteiger partial charge in [-0.2, -0.15) is 0 Å². The molecule has 3 N–H and O–H groups in total. The lowest BCUT2D eigenvalue weighted by atomic mass is 10.4. The van der Waals surface area contributed by atoms with E-state index >= 15 is 0 Å². The van der Waals surface area contributed by atoms with E-state index in [2.05, 4.69) is 0 Å². The third-order valence-corrected chi connectivity index (χ3v) is 1.44. The molecule has 4 heteroatoms. The largest absolute Gasteiger partial charge is 0.489 e. The van der Waals surface area contributed by atoms with Crippen molar-refractivity contribution in [1.29, 1.82) is 0 Å². The van der Waals surface area contributed by atoms with Crippen molar-refractivity contribution in [2.75, 3.05) is 18.9 Å². The molecule has 4 nitrogen and oxygen atoms in total. The molecule has 66 valence electrons. The second kappa shape index (κ2) is 3.92. The van der Waals surface area contributed by atoms with Gasteiger partial charge in [0, 0.05) is 6.07 Å². The minimum absolute atomic E-state index is 0.000456. The maximum Gasteiger partial charge on any atom is 0.195 e. The first-order valence-corrected chi connectivity index (χ1v) is 3.72. The van der Waals surface area contributed by atoms with Crippen molar-refractivity contribution in [3.63, 3.8) is 0 Å². The predicted molar refractivity (Wildman–Crippen MR) is 44.6 cm³/mol. The molecule has 0 aliphatic heterocycles. The summed E-state index contributed by atoms with van der Waals surface area (Å²) in [7, 11) is 1.88. The summed E-state index contributed by atoms with van der Waals surface area (Å²) in [5, 5.41) is 8.50. The van der Waals surface area contributed by atoms with Gasteiger partial charge in [0.2, 0.25) is 0 Å². The van der Waals surface area contributed by atoms with E-state index in [1.165, 1.54) is 0 Å². The number of rotatable bonds is 3. The molecule has 0 amide bonds. The highest BCUT2D eigenvalue weighted by Gasteiger charge is 2.03. The fourth-order valence-corrected chi connectivity index (χ4v) is 0.895. The van der Waals surface area contributed by atoms with Crippen LogP contribution < -0.4 is 15.0 Å². The van der Waals surface area contributed by atoms with Crippen molar-refractivity contribution in [2.45, 2.75) is 0 Å². The smallest absolute Gasteiger partial charge is 0.195 e. The van der Waals surface area contributed by atoms with E-state index in [9.17, 15) is 0 Å². The highest BCUT2D eigenvalue weighted by Crippen LogP contribution is 2.16. The molecule has 0 saturated carbocycles. The van der Waals surface area contributed by atoms with E-state index in [0.29, 0.717) is 11.4 Å². The zero-order valence-electron chi connectivity index (χ0n) is 7.03. The molecule has 1 rings (SSSR count). The average molecular weight is 169 g/mol. The molecule has 0 unspecified atom stereocenters. The van der Waals surface area contributed by atoms with Crippen LogP contribution in [0.4, 0.5) is 5.69 Å². The van der Waals surface area contributed by atoms with Crippen LogP contribution in [0.2, 0.25) is 0 Å². The van der Waals surface area contributed by atoms with Crippen LogP contribution in [0.25, 0.3) is 0 Å². The number of aromatic nitrogens is 1. The number of anilines is 1. The van der Waals surface area contributed by atoms with Gasteiger partial charge in [0.25, 0.3) is 0 Å². The number of aliphatic hydroxyl groups is 1. The van der Waals surface area contributed by atoms with Gasteiger partial charge in [-0.1, -0.05) is 0 Å². The minimum atomic E-state index is 0.000456. The molecular formula is C8H13N2O2+. The number of aryl methyl sites for hydroxylation is 1. The van der Waals surface area contributed by atoms with Crippen LogP contribution in [-0.2, 0) is 7.05 Å². The lowest BCUT2D eigenvalue weighted by Gasteiger charge is -2.04. The molecule has 0 bridgehead atoms. The molecule has 0 spiro atoms. The van der Waals surface area contributed by atoms with Gasteiger partial charge in [0.15, 0.2) is 18.1 Å². The lowest BCUT2D eigenvalue weighted by molar-refractivity contribution is -0.670. The summed E-state index contributed by atoms with van der Waals surface area (Å²) in [6.07, 6.45) is 3.59. The summed E-state index contributed by atoms with van der Waals surface area (Å²) in [6, 6.07) is 1.77.